The van der Waals surface area contributed by atoms with Crippen molar-refractivity contribution in [2.45, 2.75) is 12.5 Å². The van der Waals surface area contributed by atoms with Crippen molar-refractivity contribution in [2.75, 3.05) is 32.2 Å². The zero-order valence-corrected chi connectivity index (χ0v) is 11.7. The molecule has 0 aromatic heterocycles. The van der Waals surface area contributed by atoms with Gasteiger partial charge in [0, 0.05) is 19.2 Å². The molecular weight excluding hydrogens is 276 g/mol. The van der Waals surface area contributed by atoms with Crippen molar-refractivity contribution < 1.29 is 24.2 Å². The van der Waals surface area contributed by atoms with Crippen LogP contribution < -0.4 is 15.4 Å². The van der Waals surface area contributed by atoms with E-state index in [1.807, 2.05) is 0 Å². The molecule has 114 valence electrons. The molecule has 2 amide bonds. The van der Waals surface area contributed by atoms with Gasteiger partial charge in [0.05, 0.1) is 18.4 Å². The van der Waals surface area contributed by atoms with Crippen LogP contribution in [0.25, 0.3) is 0 Å². The predicted octanol–water partition coefficient (Wildman–Crippen LogP) is 0.145. The number of ether oxygens (including phenoxy) is 2. The second-order valence-electron chi connectivity index (χ2n) is 4.70. The Morgan fingerprint density at radius 2 is 2.38 bits per heavy atom. The van der Waals surface area contributed by atoms with Gasteiger partial charge in [0.15, 0.2) is 6.61 Å². The third-order valence-electron chi connectivity index (χ3n) is 3.00. The van der Waals surface area contributed by atoms with Gasteiger partial charge in [-0.15, -0.1) is 0 Å². The van der Waals surface area contributed by atoms with Crippen molar-refractivity contribution in [3.05, 3.63) is 23.8 Å². The van der Waals surface area contributed by atoms with E-state index in [0.717, 1.165) is 0 Å². The molecule has 7 nitrogen and oxygen atoms in total. The lowest BCUT2D eigenvalue weighted by Gasteiger charge is -2.18. The Balaban J connectivity index is 1.90. The summed E-state index contributed by atoms with van der Waals surface area (Å²) in [5, 5.41) is 14.8. The third-order valence-corrected chi connectivity index (χ3v) is 3.00. The van der Waals surface area contributed by atoms with Crippen LogP contribution in [0, 0.1) is 0 Å². The van der Waals surface area contributed by atoms with E-state index >= 15 is 0 Å². The van der Waals surface area contributed by atoms with Crippen LogP contribution in [-0.4, -0.2) is 49.9 Å². The molecule has 7 heteroatoms. The van der Waals surface area contributed by atoms with Gasteiger partial charge < -0.3 is 25.2 Å². The molecule has 0 aliphatic carbocycles. The molecule has 1 heterocycles. The minimum absolute atomic E-state index is 0.0543. The number of carbonyl (C=O) groups is 2. The van der Waals surface area contributed by atoms with Crippen molar-refractivity contribution in [1.29, 1.82) is 0 Å². The second-order valence-corrected chi connectivity index (χ2v) is 4.70. The predicted molar refractivity (Wildman–Crippen MR) is 75.4 cm³/mol. The largest absolute Gasteiger partial charge is 0.482 e. The van der Waals surface area contributed by atoms with E-state index in [2.05, 4.69) is 10.6 Å². The van der Waals surface area contributed by atoms with Crippen molar-refractivity contribution >= 4 is 17.5 Å². The van der Waals surface area contributed by atoms with Gasteiger partial charge >= 0.3 is 0 Å². The third kappa shape index (κ3) is 4.17. The van der Waals surface area contributed by atoms with Gasteiger partial charge in [-0.1, -0.05) is 0 Å². The number of nitrogens with one attached hydrogen (secondary N) is 2. The van der Waals surface area contributed by atoms with Gasteiger partial charge in [-0.05, 0) is 24.6 Å². The second kappa shape index (κ2) is 7.05. The number of benzene rings is 1. The monoisotopic (exact) mass is 294 g/mol. The summed E-state index contributed by atoms with van der Waals surface area (Å²) in [7, 11) is 1.51. The molecule has 1 aromatic rings. The quantitative estimate of drug-likeness (QED) is 0.693. The Bertz CT molecular complexity index is 532. The first-order valence-corrected chi connectivity index (χ1v) is 6.62. The maximum Gasteiger partial charge on any atom is 0.262 e. The fourth-order valence-corrected chi connectivity index (χ4v) is 1.95. The molecular formula is C14H18N2O5. The van der Waals surface area contributed by atoms with Gasteiger partial charge in [-0.2, -0.15) is 0 Å². The highest BCUT2D eigenvalue weighted by molar-refractivity contribution is 5.98. The molecule has 0 fully saturated rings. The van der Waals surface area contributed by atoms with E-state index in [-0.39, 0.29) is 25.0 Å². The molecule has 0 spiro atoms. The van der Waals surface area contributed by atoms with Gasteiger partial charge in [0.1, 0.15) is 5.75 Å². The van der Waals surface area contributed by atoms with Crippen molar-refractivity contribution in [1.82, 2.24) is 5.32 Å². The molecule has 1 aliphatic heterocycles. The first-order chi connectivity index (χ1) is 10.1. The first kappa shape index (κ1) is 15.3. The number of rotatable bonds is 6. The Morgan fingerprint density at radius 1 is 1.57 bits per heavy atom. The van der Waals surface area contributed by atoms with Crippen LogP contribution in [0.1, 0.15) is 16.8 Å². The van der Waals surface area contributed by atoms with Crippen molar-refractivity contribution in [2.24, 2.45) is 0 Å². The number of aliphatic hydroxyl groups excluding tert-OH is 1. The molecule has 1 aliphatic rings. The summed E-state index contributed by atoms with van der Waals surface area (Å²) in [6, 6.07) is 4.81. The van der Waals surface area contributed by atoms with Crippen LogP contribution >= 0.6 is 0 Å². The van der Waals surface area contributed by atoms with Gasteiger partial charge in [-0.25, -0.2) is 0 Å². The lowest BCUT2D eigenvalue weighted by Crippen LogP contribution is -2.29. The highest BCUT2D eigenvalue weighted by Gasteiger charge is 2.17. The number of amides is 2. The zero-order valence-electron chi connectivity index (χ0n) is 11.7. The average Bonchev–Trinajstić information content (AvgIpc) is 2.46. The Hall–Kier alpha value is -2.12. The van der Waals surface area contributed by atoms with Gasteiger partial charge in [0.2, 0.25) is 0 Å². The minimum atomic E-state index is -0.600. The topological polar surface area (TPSA) is 96.9 Å². The number of hydrogen-bond donors (Lipinski definition) is 3. The van der Waals surface area contributed by atoms with Crippen molar-refractivity contribution in [3.63, 3.8) is 0 Å². The lowest BCUT2D eigenvalue weighted by atomic mass is 10.1. The molecule has 0 bridgehead atoms. The van der Waals surface area contributed by atoms with Crippen LogP contribution in [0.2, 0.25) is 0 Å². The highest BCUT2D eigenvalue weighted by atomic mass is 16.5. The fraction of sp³-hybridized carbons (Fsp3) is 0.429. The number of anilines is 1. The van der Waals surface area contributed by atoms with E-state index in [9.17, 15) is 14.7 Å². The Morgan fingerprint density at radius 3 is 3.14 bits per heavy atom. The van der Waals surface area contributed by atoms with Gasteiger partial charge in [0.25, 0.3) is 11.8 Å². The molecule has 1 aromatic carbocycles. The zero-order chi connectivity index (χ0) is 15.2. The maximum absolute atomic E-state index is 12.0. The van der Waals surface area contributed by atoms with Crippen LogP contribution in [0.3, 0.4) is 0 Å². The number of aliphatic hydroxyl groups is 1. The molecule has 1 unspecified atom stereocenters. The standard InChI is InChI=1S/C14H18N2O5/c1-20-7-10(17)4-5-15-14(19)9-2-3-11-12(6-9)21-8-13(18)16-11/h2-3,6,10,17H,4-5,7-8H2,1H3,(H,15,19)(H,16,18). The van der Waals surface area contributed by atoms with E-state index in [1.165, 1.54) is 7.11 Å². The average molecular weight is 294 g/mol. The molecule has 2 rings (SSSR count). The van der Waals surface area contributed by atoms with Crippen LogP contribution in [0.4, 0.5) is 5.69 Å². The molecule has 0 saturated heterocycles. The number of fused-ring (bicyclic) bond motifs is 1. The fourth-order valence-electron chi connectivity index (χ4n) is 1.95. The van der Waals surface area contributed by atoms with Crippen molar-refractivity contribution in [3.8, 4) is 5.75 Å². The van der Waals surface area contributed by atoms with Crippen LogP contribution in [-0.2, 0) is 9.53 Å². The summed E-state index contributed by atoms with van der Waals surface area (Å²) in [4.78, 5) is 23.1. The minimum Gasteiger partial charge on any atom is -0.482 e. The first-order valence-electron chi connectivity index (χ1n) is 6.62. The summed E-state index contributed by atoms with van der Waals surface area (Å²) in [5.41, 5.74) is 0.990. The lowest BCUT2D eigenvalue weighted by molar-refractivity contribution is -0.118. The molecule has 21 heavy (non-hydrogen) atoms. The highest BCUT2D eigenvalue weighted by Crippen LogP contribution is 2.28. The maximum atomic E-state index is 12.0. The molecule has 0 radical (unpaired) electrons. The van der Waals surface area contributed by atoms with Crippen LogP contribution in [0.15, 0.2) is 18.2 Å². The summed E-state index contributed by atoms with van der Waals surface area (Å²) < 4.78 is 10.1. The Kier molecular flexibility index (Phi) is 5.13. The summed E-state index contributed by atoms with van der Waals surface area (Å²) in [6.45, 7) is 0.529. The van der Waals surface area contributed by atoms with E-state index in [0.29, 0.717) is 30.0 Å². The van der Waals surface area contributed by atoms with E-state index in [4.69, 9.17) is 9.47 Å². The van der Waals surface area contributed by atoms with E-state index < -0.39 is 6.10 Å². The SMILES string of the molecule is COCC(O)CCNC(=O)c1ccc2c(c1)OCC(=O)N2. The van der Waals surface area contributed by atoms with Crippen LogP contribution in [0.5, 0.6) is 5.75 Å². The normalized spacial score (nSPS) is 14.7. The number of hydrogen-bond acceptors (Lipinski definition) is 5. The number of methoxy groups -OCH3 is 1. The Labute approximate surface area is 122 Å². The van der Waals surface area contributed by atoms with E-state index in [1.54, 1.807) is 18.2 Å². The molecule has 0 saturated carbocycles. The number of carbonyl (C=O) groups excluding carboxylic acids is 2. The summed E-state index contributed by atoms with van der Waals surface area (Å²) >= 11 is 0. The summed E-state index contributed by atoms with van der Waals surface area (Å²) in [6.07, 6.45) is -0.186. The smallest absolute Gasteiger partial charge is 0.262 e. The van der Waals surface area contributed by atoms with Gasteiger partial charge in [-0.3, -0.25) is 9.59 Å². The molecule has 1 atom stereocenters. The summed E-state index contributed by atoms with van der Waals surface area (Å²) in [5.74, 6) is -0.00332. The molecule has 3 N–H and O–H groups in total.